The van der Waals surface area contributed by atoms with Crippen molar-refractivity contribution in [3.05, 3.63) is 85.2 Å². The van der Waals surface area contributed by atoms with Crippen LogP contribution in [0, 0.1) is 0 Å². The summed E-state index contributed by atoms with van der Waals surface area (Å²) < 4.78 is 0. The van der Waals surface area contributed by atoms with Gasteiger partial charge in [0.25, 0.3) is 0 Å². The van der Waals surface area contributed by atoms with Gasteiger partial charge >= 0.3 is 0 Å². The van der Waals surface area contributed by atoms with Crippen molar-refractivity contribution in [1.82, 2.24) is 4.98 Å². The molecule has 3 aromatic rings. The van der Waals surface area contributed by atoms with Crippen molar-refractivity contribution in [2.75, 3.05) is 0 Å². The number of aromatic nitrogens is 1. The van der Waals surface area contributed by atoms with Crippen LogP contribution in [-0.2, 0) is 0 Å². The van der Waals surface area contributed by atoms with E-state index in [0.29, 0.717) is 0 Å². The Bertz CT molecular complexity index is 712. The fourth-order valence-corrected chi connectivity index (χ4v) is 2.31. The van der Waals surface area contributed by atoms with Crippen molar-refractivity contribution in [3.8, 4) is 22.3 Å². The topological polar surface area (TPSA) is 12.9 Å². The average molecular weight is 257 g/mol. The number of hydrogen-bond donors (Lipinski definition) is 0. The van der Waals surface area contributed by atoms with Crippen LogP contribution in [0.25, 0.3) is 28.3 Å². The van der Waals surface area contributed by atoms with Crippen molar-refractivity contribution in [2.24, 2.45) is 0 Å². The molecule has 3 rings (SSSR count). The molecular weight excluding hydrogens is 242 g/mol. The SMILES string of the molecule is C=Cc1ccccc1-c1ccc(-c2cccnc2)cc1. The molecule has 1 heterocycles. The van der Waals surface area contributed by atoms with Crippen molar-refractivity contribution < 1.29 is 0 Å². The van der Waals surface area contributed by atoms with E-state index in [-0.39, 0.29) is 0 Å². The number of pyridine rings is 1. The standard InChI is InChI=1S/C19H15N/c1-2-15-6-3-4-8-19(15)17-11-9-16(10-12-17)18-7-5-13-20-14-18/h2-14H,1H2. The maximum absolute atomic E-state index is 4.16. The molecule has 20 heavy (non-hydrogen) atoms. The van der Waals surface area contributed by atoms with Gasteiger partial charge in [0.1, 0.15) is 0 Å². The van der Waals surface area contributed by atoms with E-state index in [2.05, 4.69) is 60.1 Å². The highest BCUT2D eigenvalue weighted by Gasteiger charge is 2.03. The summed E-state index contributed by atoms with van der Waals surface area (Å²) in [5, 5.41) is 0. The predicted molar refractivity (Wildman–Crippen MR) is 85.2 cm³/mol. The summed E-state index contributed by atoms with van der Waals surface area (Å²) in [5.41, 5.74) is 5.88. The summed E-state index contributed by atoms with van der Waals surface area (Å²) in [6, 6.07) is 20.9. The first-order valence-electron chi connectivity index (χ1n) is 6.61. The van der Waals surface area contributed by atoms with E-state index in [9.17, 15) is 0 Å². The van der Waals surface area contributed by atoms with Crippen LogP contribution in [0.5, 0.6) is 0 Å². The highest BCUT2D eigenvalue weighted by atomic mass is 14.6. The van der Waals surface area contributed by atoms with E-state index in [1.54, 1.807) is 6.20 Å². The predicted octanol–water partition coefficient (Wildman–Crippen LogP) is 5.06. The number of rotatable bonds is 3. The highest BCUT2D eigenvalue weighted by molar-refractivity contribution is 5.76. The molecular formula is C19H15N. The summed E-state index contributed by atoms with van der Waals surface area (Å²) in [6.45, 7) is 3.87. The Kier molecular flexibility index (Phi) is 3.42. The quantitative estimate of drug-likeness (QED) is 0.639. The van der Waals surface area contributed by atoms with Crippen molar-refractivity contribution in [3.63, 3.8) is 0 Å². The van der Waals surface area contributed by atoms with Crippen LogP contribution in [0.1, 0.15) is 5.56 Å². The second-order valence-electron chi connectivity index (χ2n) is 4.61. The number of benzene rings is 2. The summed E-state index contributed by atoms with van der Waals surface area (Å²) in [7, 11) is 0. The first-order chi connectivity index (χ1) is 9.88. The summed E-state index contributed by atoms with van der Waals surface area (Å²) in [6.07, 6.45) is 5.56. The second kappa shape index (κ2) is 5.54. The molecule has 0 bridgehead atoms. The lowest BCUT2D eigenvalue weighted by atomic mass is 9.97. The Balaban J connectivity index is 2.00. The first-order valence-corrected chi connectivity index (χ1v) is 6.61. The van der Waals surface area contributed by atoms with E-state index >= 15 is 0 Å². The molecule has 0 aliphatic rings. The average Bonchev–Trinajstić information content (AvgIpc) is 2.56. The van der Waals surface area contributed by atoms with Crippen LogP contribution in [0.4, 0.5) is 0 Å². The fourth-order valence-electron chi connectivity index (χ4n) is 2.31. The minimum absolute atomic E-state index is 1.14. The monoisotopic (exact) mass is 257 g/mol. The molecule has 2 aromatic carbocycles. The van der Waals surface area contributed by atoms with Gasteiger partial charge in [-0.05, 0) is 33.9 Å². The molecule has 0 saturated carbocycles. The minimum Gasteiger partial charge on any atom is -0.264 e. The summed E-state index contributed by atoms with van der Waals surface area (Å²) >= 11 is 0. The molecule has 0 fully saturated rings. The van der Waals surface area contributed by atoms with Gasteiger partial charge in [-0.1, -0.05) is 67.3 Å². The van der Waals surface area contributed by atoms with Gasteiger partial charge in [0.15, 0.2) is 0 Å². The molecule has 0 spiro atoms. The lowest BCUT2D eigenvalue weighted by Gasteiger charge is -2.07. The smallest absolute Gasteiger partial charge is 0.0346 e. The molecule has 0 atom stereocenters. The molecule has 1 nitrogen and oxygen atoms in total. The van der Waals surface area contributed by atoms with Gasteiger partial charge in [-0.2, -0.15) is 0 Å². The largest absolute Gasteiger partial charge is 0.264 e. The van der Waals surface area contributed by atoms with Crippen LogP contribution in [-0.4, -0.2) is 4.98 Å². The Morgan fingerprint density at radius 2 is 1.50 bits per heavy atom. The fraction of sp³-hybridized carbons (Fsp3) is 0. The maximum Gasteiger partial charge on any atom is 0.0346 e. The number of hydrogen-bond acceptors (Lipinski definition) is 1. The Morgan fingerprint density at radius 1 is 0.750 bits per heavy atom. The first kappa shape index (κ1) is 12.4. The van der Waals surface area contributed by atoms with Crippen molar-refractivity contribution in [1.29, 1.82) is 0 Å². The van der Waals surface area contributed by atoms with E-state index in [0.717, 1.165) is 11.1 Å². The van der Waals surface area contributed by atoms with Gasteiger partial charge < -0.3 is 0 Å². The van der Waals surface area contributed by atoms with Crippen LogP contribution < -0.4 is 0 Å². The third kappa shape index (κ3) is 2.39. The lowest BCUT2D eigenvalue weighted by molar-refractivity contribution is 1.33. The van der Waals surface area contributed by atoms with E-state index in [4.69, 9.17) is 0 Å². The van der Waals surface area contributed by atoms with E-state index in [1.165, 1.54) is 16.7 Å². The van der Waals surface area contributed by atoms with Crippen LogP contribution in [0.15, 0.2) is 79.6 Å². The lowest BCUT2D eigenvalue weighted by Crippen LogP contribution is -1.84. The molecule has 0 amide bonds. The maximum atomic E-state index is 4.16. The molecule has 1 aromatic heterocycles. The van der Waals surface area contributed by atoms with Gasteiger partial charge in [0.05, 0.1) is 0 Å². The van der Waals surface area contributed by atoms with Gasteiger partial charge in [0, 0.05) is 12.4 Å². The second-order valence-corrected chi connectivity index (χ2v) is 4.61. The van der Waals surface area contributed by atoms with E-state index < -0.39 is 0 Å². The molecule has 1 heteroatoms. The minimum atomic E-state index is 1.14. The molecule has 0 radical (unpaired) electrons. The zero-order chi connectivity index (χ0) is 13.8. The number of nitrogens with zero attached hydrogens (tertiary/aromatic N) is 1. The molecule has 0 unspecified atom stereocenters. The van der Waals surface area contributed by atoms with Gasteiger partial charge in [-0.25, -0.2) is 0 Å². The van der Waals surface area contributed by atoms with Crippen LogP contribution in [0.2, 0.25) is 0 Å². The Hall–Kier alpha value is -2.67. The third-order valence-corrected chi connectivity index (χ3v) is 3.37. The van der Waals surface area contributed by atoms with Gasteiger partial charge in [-0.3, -0.25) is 4.98 Å². The molecule has 0 aliphatic carbocycles. The Morgan fingerprint density at radius 3 is 2.20 bits per heavy atom. The van der Waals surface area contributed by atoms with Crippen LogP contribution >= 0.6 is 0 Å². The normalized spacial score (nSPS) is 10.2. The summed E-state index contributed by atoms with van der Waals surface area (Å²) in [5.74, 6) is 0. The zero-order valence-corrected chi connectivity index (χ0v) is 11.2. The molecule has 0 N–H and O–H groups in total. The highest BCUT2D eigenvalue weighted by Crippen LogP contribution is 2.27. The van der Waals surface area contributed by atoms with Gasteiger partial charge in [0.2, 0.25) is 0 Å². The summed E-state index contributed by atoms with van der Waals surface area (Å²) in [4.78, 5) is 4.16. The van der Waals surface area contributed by atoms with Crippen molar-refractivity contribution >= 4 is 6.08 Å². The molecule has 0 aliphatic heterocycles. The van der Waals surface area contributed by atoms with E-state index in [1.807, 2.05) is 24.4 Å². The van der Waals surface area contributed by atoms with Crippen LogP contribution in [0.3, 0.4) is 0 Å². The van der Waals surface area contributed by atoms with Crippen molar-refractivity contribution in [2.45, 2.75) is 0 Å². The zero-order valence-electron chi connectivity index (χ0n) is 11.2. The molecule has 96 valence electrons. The third-order valence-electron chi connectivity index (χ3n) is 3.37. The Labute approximate surface area is 119 Å². The van der Waals surface area contributed by atoms with Gasteiger partial charge in [-0.15, -0.1) is 0 Å². The molecule has 0 saturated heterocycles.